The zero-order valence-electron chi connectivity index (χ0n) is 48.5. The first kappa shape index (κ1) is 51.5. The van der Waals surface area contributed by atoms with E-state index in [1.807, 2.05) is 32.0 Å². The van der Waals surface area contributed by atoms with Gasteiger partial charge in [-0.05, 0) is 167 Å². The van der Waals surface area contributed by atoms with Crippen LogP contribution in [0.2, 0.25) is 0 Å². The molecule has 0 saturated heterocycles. The van der Waals surface area contributed by atoms with Crippen molar-refractivity contribution >= 4 is 66.2 Å². The molecule has 0 radical (unpaired) electrons. The van der Waals surface area contributed by atoms with Crippen LogP contribution in [0.5, 0.6) is 11.5 Å². The van der Waals surface area contributed by atoms with E-state index in [1.54, 1.807) is 0 Å². The van der Waals surface area contributed by atoms with Crippen LogP contribution in [-0.2, 0) is 0 Å². The molecule has 0 N–H and O–H groups in total. The predicted octanol–water partition coefficient (Wildman–Crippen LogP) is 20.5. The zero-order chi connectivity index (χ0) is 56.9. The molecular formula is C74H64N6O3. The van der Waals surface area contributed by atoms with Crippen molar-refractivity contribution in [3.8, 4) is 67.9 Å². The van der Waals surface area contributed by atoms with Crippen molar-refractivity contribution in [3.05, 3.63) is 216 Å². The number of furan rings is 2. The molecule has 14 aromatic rings. The normalized spacial score (nSPS) is 12.2. The van der Waals surface area contributed by atoms with Gasteiger partial charge in [-0.25, -0.2) is 19.9 Å². The molecular weight excluding hydrogens is 1020 g/mol. The maximum absolute atomic E-state index is 7.25. The minimum Gasteiger partial charge on any atom is -0.457 e. The van der Waals surface area contributed by atoms with Gasteiger partial charge in [0.2, 0.25) is 0 Å². The van der Waals surface area contributed by atoms with Gasteiger partial charge in [0.05, 0.1) is 55.5 Å². The van der Waals surface area contributed by atoms with E-state index in [0.717, 1.165) is 83.9 Å². The molecule has 83 heavy (non-hydrogen) atoms. The van der Waals surface area contributed by atoms with Gasteiger partial charge in [0, 0.05) is 11.3 Å². The number of para-hydroxylation sites is 4. The topological polar surface area (TPSA) is 96.9 Å². The first-order valence-electron chi connectivity index (χ1n) is 29.1. The van der Waals surface area contributed by atoms with E-state index in [0.29, 0.717) is 39.3 Å². The van der Waals surface area contributed by atoms with Crippen LogP contribution in [0.4, 0.5) is 0 Å². The fraction of sp³-hybridized carbons (Fsp3) is 0.189. The molecule has 8 aromatic carbocycles. The highest BCUT2D eigenvalue weighted by Gasteiger charge is 2.30. The number of nitrogens with zero attached hydrogens (tertiary/aromatic N) is 6. The van der Waals surface area contributed by atoms with E-state index >= 15 is 0 Å². The molecule has 0 amide bonds. The second-order valence-electron chi connectivity index (χ2n) is 23.4. The van der Waals surface area contributed by atoms with E-state index < -0.39 is 0 Å². The van der Waals surface area contributed by atoms with Crippen molar-refractivity contribution in [2.24, 2.45) is 0 Å². The van der Waals surface area contributed by atoms with Gasteiger partial charge in [-0.3, -0.25) is 9.13 Å². The summed E-state index contributed by atoms with van der Waals surface area (Å²) in [5.74, 6) is 3.55. The predicted molar refractivity (Wildman–Crippen MR) is 340 cm³/mol. The number of aryl methyl sites for hydroxylation is 2. The Morgan fingerprint density at radius 1 is 0.398 bits per heavy atom. The smallest absolute Gasteiger partial charge is 0.197 e. The number of fused-ring (bicyclic) bond motifs is 9. The van der Waals surface area contributed by atoms with Crippen LogP contribution in [-0.4, -0.2) is 29.1 Å². The summed E-state index contributed by atoms with van der Waals surface area (Å²) in [6, 6.07) is 64.2. The SMILES string of the molecule is Cc1ccc2oc3c4oc5c(-c6nc7ccccc7n6-c6c(C(C)C)cc(-c7ccccc7)cc6C(C)C)cc(Oc6cccc(-c7nc8ccccc8n7-c7c(C(C)C)cc(-c8ccccc8)cc7C(C)C)c6)cc5c4nc(C)c3c2n1. The molecule has 6 heterocycles. The Morgan fingerprint density at radius 3 is 1.48 bits per heavy atom. The van der Waals surface area contributed by atoms with Crippen LogP contribution < -0.4 is 4.74 Å². The third-order valence-corrected chi connectivity index (χ3v) is 16.4. The Labute approximate surface area is 482 Å². The van der Waals surface area contributed by atoms with Crippen LogP contribution in [0.15, 0.2) is 191 Å². The van der Waals surface area contributed by atoms with Crippen LogP contribution in [0.3, 0.4) is 0 Å². The van der Waals surface area contributed by atoms with Gasteiger partial charge in [0.25, 0.3) is 0 Å². The van der Waals surface area contributed by atoms with Crippen molar-refractivity contribution < 1.29 is 13.6 Å². The lowest BCUT2D eigenvalue weighted by Gasteiger charge is -2.24. The summed E-state index contributed by atoms with van der Waals surface area (Å²) in [7, 11) is 0. The number of benzene rings is 8. The van der Waals surface area contributed by atoms with Crippen molar-refractivity contribution in [2.75, 3.05) is 0 Å². The molecule has 0 unspecified atom stereocenters. The van der Waals surface area contributed by atoms with E-state index in [1.165, 1.54) is 44.5 Å². The summed E-state index contributed by atoms with van der Waals surface area (Å²) in [5, 5.41) is 1.60. The Bertz CT molecular complexity index is 4800. The van der Waals surface area contributed by atoms with Crippen LogP contribution >= 0.6 is 0 Å². The average Bonchev–Trinajstić information content (AvgIpc) is 2.13. The Morgan fingerprint density at radius 2 is 0.916 bits per heavy atom. The fourth-order valence-electron chi connectivity index (χ4n) is 12.4. The lowest BCUT2D eigenvalue weighted by atomic mass is 9.88. The molecule has 0 aliphatic rings. The Kier molecular flexibility index (Phi) is 12.5. The Hall–Kier alpha value is -9.60. The average molecular weight is 1090 g/mol. The van der Waals surface area contributed by atoms with E-state index in [2.05, 4.69) is 228 Å². The first-order valence-corrected chi connectivity index (χ1v) is 29.1. The standard InChI is InChI=1S/C74H64N6O3/c1-41(2)54-35-50(47-22-13-11-14-23-47)36-55(42(3)4)68(54)79-62-30-19-17-28-60(62)77-73(79)49-26-21-27-52(34-49)81-53-39-58-66-72(71-65(46(10)76-66)67-64(82-71)33-32-45(9)75-67)83-70(58)59(40-53)74-78-61-29-18-20-31-63(61)80(74)69-56(43(5)6)37-51(38-57(69)44(7)8)48-24-15-12-16-25-48/h11-44H,1-10H3. The molecule has 0 aliphatic heterocycles. The number of imidazole rings is 2. The van der Waals surface area contributed by atoms with Crippen LogP contribution in [0.25, 0.3) is 123 Å². The molecule has 0 aliphatic carbocycles. The number of pyridine rings is 2. The summed E-state index contributed by atoms with van der Waals surface area (Å²) in [4.78, 5) is 21.3. The van der Waals surface area contributed by atoms with Gasteiger partial charge in [0.1, 0.15) is 39.8 Å². The maximum atomic E-state index is 7.25. The van der Waals surface area contributed by atoms with Crippen molar-refractivity contribution in [1.29, 1.82) is 0 Å². The summed E-state index contributed by atoms with van der Waals surface area (Å²) < 4.78 is 25.9. The van der Waals surface area contributed by atoms with Gasteiger partial charge >= 0.3 is 0 Å². The highest BCUT2D eigenvalue weighted by atomic mass is 16.5. The molecule has 6 aromatic heterocycles. The number of hydrogen-bond donors (Lipinski definition) is 0. The van der Waals surface area contributed by atoms with Gasteiger partial charge in [-0.15, -0.1) is 0 Å². The number of rotatable bonds is 12. The van der Waals surface area contributed by atoms with Gasteiger partial charge in [-0.1, -0.05) is 152 Å². The van der Waals surface area contributed by atoms with Crippen LogP contribution in [0, 0.1) is 13.8 Å². The monoisotopic (exact) mass is 1080 g/mol. The summed E-state index contributed by atoms with van der Waals surface area (Å²) in [6.07, 6.45) is 0. The maximum Gasteiger partial charge on any atom is 0.197 e. The van der Waals surface area contributed by atoms with E-state index in [9.17, 15) is 0 Å². The summed E-state index contributed by atoms with van der Waals surface area (Å²) in [5.41, 5.74) is 23.0. The molecule has 408 valence electrons. The quantitative estimate of drug-likeness (QED) is 0.120. The second kappa shape index (κ2) is 20.1. The van der Waals surface area contributed by atoms with E-state index in [-0.39, 0.29) is 23.7 Å². The highest BCUT2D eigenvalue weighted by molar-refractivity contribution is 6.19. The summed E-state index contributed by atoms with van der Waals surface area (Å²) >= 11 is 0. The van der Waals surface area contributed by atoms with Gasteiger partial charge in [-0.2, -0.15) is 0 Å². The van der Waals surface area contributed by atoms with Crippen molar-refractivity contribution in [1.82, 2.24) is 29.1 Å². The van der Waals surface area contributed by atoms with Gasteiger partial charge in [0.15, 0.2) is 16.7 Å². The molecule has 9 heteroatoms. The minimum absolute atomic E-state index is 0.162. The van der Waals surface area contributed by atoms with Gasteiger partial charge < -0.3 is 13.6 Å². The molecule has 14 rings (SSSR count). The highest BCUT2D eigenvalue weighted by Crippen LogP contribution is 2.48. The zero-order valence-corrected chi connectivity index (χ0v) is 48.5. The molecule has 0 bridgehead atoms. The summed E-state index contributed by atoms with van der Waals surface area (Å²) in [6.45, 7) is 22.3. The number of ether oxygens (including phenoxy) is 1. The molecule has 0 fully saturated rings. The van der Waals surface area contributed by atoms with Crippen molar-refractivity contribution in [3.63, 3.8) is 0 Å². The largest absolute Gasteiger partial charge is 0.457 e. The lowest BCUT2D eigenvalue weighted by molar-refractivity contribution is 0.483. The second-order valence-corrected chi connectivity index (χ2v) is 23.4. The molecule has 0 atom stereocenters. The number of aromatic nitrogens is 6. The van der Waals surface area contributed by atoms with Crippen LogP contribution in [0.1, 0.15) is 113 Å². The van der Waals surface area contributed by atoms with Crippen molar-refractivity contribution in [2.45, 2.75) is 92.9 Å². The Balaban J connectivity index is 0.999. The lowest BCUT2D eigenvalue weighted by Crippen LogP contribution is -2.09. The minimum atomic E-state index is 0.162. The first-order chi connectivity index (χ1) is 40.3. The third-order valence-electron chi connectivity index (χ3n) is 16.4. The number of hydrogen-bond acceptors (Lipinski definition) is 7. The molecule has 0 saturated carbocycles. The molecule has 9 nitrogen and oxygen atoms in total. The van der Waals surface area contributed by atoms with E-state index in [4.69, 9.17) is 33.5 Å². The fourth-order valence-corrected chi connectivity index (χ4v) is 12.4. The molecule has 0 spiro atoms. The third kappa shape index (κ3) is 8.67.